The molecule has 9 heteroatoms. The van der Waals surface area contributed by atoms with Gasteiger partial charge in [0, 0.05) is 11.5 Å². The molecule has 2 aromatic rings. The van der Waals surface area contributed by atoms with Crippen molar-refractivity contribution in [2.75, 3.05) is 30.9 Å². The number of hydrogen-bond acceptors (Lipinski definition) is 5. The second-order valence-electron chi connectivity index (χ2n) is 6.01. The Labute approximate surface area is 176 Å². The van der Waals surface area contributed by atoms with Gasteiger partial charge in [0.2, 0.25) is 11.8 Å². The van der Waals surface area contributed by atoms with Crippen molar-refractivity contribution in [2.24, 2.45) is 0 Å². The highest BCUT2D eigenvalue weighted by molar-refractivity contribution is 9.10. The maximum Gasteiger partial charge on any atom is 0.287 e. The number of nitrogens with one attached hydrogen (secondary N) is 2. The van der Waals surface area contributed by atoms with Crippen LogP contribution in [0.4, 0.5) is 5.69 Å². The average Bonchev–Trinajstić information content (AvgIpc) is 3.21. The minimum Gasteiger partial charge on any atom is -0.459 e. The summed E-state index contributed by atoms with van der Waals surface area (Å²) in [5, 5.41) is 5.45. The number of amides is 3. The number of carbonyl (C=O) groups excluding carboxylic acids is 3. The van der Waals surface area contributed by atoms with Gasteiger partial charge in [-0.25, -0.2) is 0 Å². The van der Waals surface area contributed by atoms with Gasteiger partial charge in [-0.3, -0.25) is 14.4 Å². The van der Waals surface area contributed by atoms with E-state index in [1.54, 1.807) is 30.0 Å². The van der Waals surface area contributed by atoms with Gasteiger partial charge in [0.1, 0.15) is 6.04 Å². The molecular formula is C19H22BrN3O4S. The van der Waals surface area contributed by atoms with Gasteiger partial charge in [0.25, 0.3) is 5.91 Å². The molecule has 1 unspecified atom stereocenters. The maximum atomic E-state index is 12.8. The van der Waals surface area contributed by atoms with Crippen LogP contribution in [0.25, 0.3) is 0 Å². The first-order valence-electron chi connectivity index (χ1n) is 8.55. The second-order valence-corrected chi connectivity index (χ2v) is 7.85. The van der Waals surface area contributed by atoms with E-state index in [-0.39, 0.29) is 24.1 Å². The van der Waals surface area contributed by atoms with Crippen LogP contribution in [0.15, 0.2) is 51.6 Å². The number of furan rings is 1. The van der Waals surface area contributed by atoms with E-state index in [1.165, 1.54) is 24.3 Å². The topological polar surface area (TPSA) is 91.7 Å². The molecule has 0 saturated carbocycles. The number of halogens is 1. The highest BCUT2D eigenvalue weighted by Crippen LogP contribution is 2.21. The molecule has 1 aromatic heterocycles. The lowest BCUT2D eigenvalue weighted by Crippen LogP contribution is -2.49. The summed E-state index contributed by atoms with van der Waals surface area (Å²) in [6.07, 6.45) is 3.76. The van der Waals surface area contributed by atoms with Gasteiger partial charge >= 0.3 is 0 Å². The Hall–Kier alpha value is -2.26. The number of anilines is 1. The Balaban J connectivity index is 1.98. The van der Waals surface area contributed by atoms with E-state index < -0.39 is 11.9 Å². The van der Waals surface area contributed by atoms with E-state index in [9.17, 15) is 14.4 Å². The van der Waals surface area contributed by atoms with Gasteiger partial charge in [-0.2, -0.15) is 11.8 Å². The molecule has 0 aliphatic rings. The predicted molar refractivity (Wildman–Crippen MR) is 113 cm³/mol. The number of carbonyl (C=O) groups is 3. The van der Waals surface area contributed by atoms with Crippen molar-refractivity contribution < 1.29 is 18.8 Å². The van der Waals surface area contributed by atoms with Gasteiger partial charge in [-0.15, -0.1) is 0 Å². The van der Waals surface area contributed by atoms with E-state index in [4.69, 9.17) is 4.42 Å². The van der Waals surface area contributed by atoms with Crippen LogP contribution < -0.4 is 10.6 Å². The number of para-hydroxylation sites is 1. The summed E-state index contributed by atoms with van der Waals surface area (Å²) < 4.78 is 5.82. The van der Waals surface area contributed by atoms with Crippen LogP contribution in [0.5, 0.6) is 0 Å². The van der Waals surface area contributed by atoms with Crippen LogP contribution in [0.2, 0.25) is 0 Å². The van der Waals surface area contributed by atoms with Crippen molar-refractivity contribution in [3.05, 3.63) is 52.9 Å². The minimum atomic E-state index is -0.744. The summed E-state index contributed by atoms with van der Waals surface area (Å²) in [5.74, 6) is -0.307. The number of benzene rings is 1. The molecule has 0 fully saturated rings. The highest BCUT2D eigenvalue weighted by Gasteiger charge is 2.26. The molecule has 2 rings (SSSR count). The third-order valence-corrected chi connectivity index (χ3v) is 5.20. The van der Waals surface area contributed by atoms with Gasteiger partial charge < -0.3 is 20.0 Å². The van der Waals surface area contributed by atoms with Gasteiger partial charge in [0.15, 0.2) is 5.76 Å². The third-order valence-electron chi connectivity index (χ3n) is 3.86. The van der Waals surface area contributed by atoms with Crippen molar-refractivity contribution in [3.63, 3.8) is 0 Å². The maximum absolute atomic E-state index is 12.8. The van der Waals surface area contributed by atoms with Crippen LogP contribution in [0, 0.1) is 0 Å². The molecule has 2 N–H and O–H groups in total. The summed E-state index contributed by atoms with van der Waals surface area (Å²) in [4.78, 5) is 38.6. The van der Waals surface area contributed by atoms with Crippen LogP contribution >= 0.6 is 27.7 Å². The largest absolute Gasteiger partial charge is 0.459 e. The summed E-state index contributed by atoms with van der Waals surface area (Å²) in [6.45, 7) is -0.132. The van der Waals surface area contributed by atoms with Crippen molar-refractivity contribution >= 4 is 51.1 Å². The van der Waals surface area contributed by atoms with Gasteiger partial charge in [0.05, 0.1) is 18.5 Å². The molecule has 3 amide bonds. The van der Waals surface area contributed by atoms with E-state index in [1.807, 2.05) is 18.4 Å². The van der Waals surface area contributed by atoms with Gasteiger partial charge in [-0.05, 0) is 58.6 Å². The van der Waals surface area contributed by atoms with E-state index in [2.05, 4.69) is 26.6 Å². The molecule has 0 aliphatic heterocycles. The molecule has 0 bridgehead atoms. The van der Waals surface area contributed by atoms with Gasteiger partial charge in [-0.1, -0.05) is 12.1 Å². The molecule has 1 aromatic carbocycles. The summed E-state index contributed by atoms with van der Waals surface area (Å²) in [6, 6.07) is 9.60. The fourth-order valence-electron chi connectivity index (χ4n) is 2.44. The van der Waals surface area contributed by atoms with Crippen LogP contribution in [0.1, 0.15) is 17.0 Å². The average molecular weight is 468 g/mol. The molecule has 28 heavy (non-hydrogen) atoms. The molecule has 0 radical (unpaired) electrons. The Morgan fingerprint density at radius 3 is 2.61 bits per heavy atom. The summed E-state index contributed by atoms with van der Waals surface area (Å²) >= 11 is 4.93. The molecular weight excluding hydrogens is 446 g/mol. The molecule has 1 atom stereocenters. The van der Waals surface area contributed by atoms with Crippen molar-refractivity contribution in [1.29, 1.82) is 0 Å². The van der Waals surface area contributed by atoms with E-state index in [0.29, 0.717) is 17.9 Å². The monoisotopic (exact) mass is 467 g/mol. The number of rotatable bonds is 9. The second kappa shape index (κ2) is 10.9. The first-order valence-corrected chi connectivity index (χ1v) is 10.7. The molecule has 150 valence electrons. The zero-order valence-corrected chi connectivity index (χ0v) is 18.0. The lowest BCUT2D eigenvalue weighted by molar-refractivity contribution is -0.135. The van der Waals surface area contributed by atoms with Crippen molar-refractivity contribution in [1.82, 2.24) is 10.2 Å². The number of hydrogen-bond donors (Lipinski definition) is 2. The van der Waals surface area contributed by atoms with Crippen LogP contribution in [0.3, 0.4) is 0 Å². The Bertz CT molecular complexity index is 813. The molecule has 7 nitrogen and oxygen atoms in total. The number of thioether (sulfide) groups is 1. The molecule has 0 saturated heterocycles. The zero-order valence-electron chi connectivity index (χ0n) is 15.6. The zero-order chi connectivity index (χ0) is 20.5. The Kier molecular flexibility index (Phi) is 8.59. The molecule has 0 aliphatic carbocycles. The van der Waals surface area contributed by atoms with E-state index in [0.717, 1.165) is 4.47 Å². The van der Waals surface area contributed by atoms with Crippen LogP contribution in [-0.4, -0.2) is 54.3 Å². The Morgan fingerprint density at radius 1 is 1.21 bits per heavy atom. The smallest absolute Gasteiger partial charge is 0.287 e. The first kappa shape index (κ1) is 22.0. The fourth-order valence-corrected chi connectivity index (χ4v) is 3.30. The van der Waals surface area contributed by atoms with Crippen LogP contribution in [-0.2, 0) is 9.59 Å². The lowest BCUT2D eigenvalue weighted by Gasteiger charge is -2.24. The van der Waals surface area contributed by atoms with E-state index >= 15 is 0 Å². The van der Waals surface area contributed by atoms with Crippen molar-refractivity contribution in [2.45, 2.75) is 12.5 Å². The molecule has 0 spiro atoms. The quantitative estimate of drug-likeness (QED) is 0.591. The summed E-state index contributed by atoms with van der Waals surface area (Å²) in [5.41, 5.74) is 0.624. The predicted octanol–water partition coefficient (Wildman–Crippen LogP) is 2.99. The fraction of sp³-hybridized carbons (Fsp3) is 0.316. The number of nitrogens with zero attached hydrogens (tertiary/aromatic N) is 1. The normalized spacial score (nSPS) is 11.5. The highest BCUT2D eigenvalue weighted by atomic mass is 79.9. The minimum absolute atomic E-state index is 0.132. The lowest BCUT2D eigenvalue weighted by atomic mass is 10.2. The standard InChI is InChI=1S/C19H22BrN3O4S/c1-23(12-17(24)21-14-7-4-3-6-13(14)20)19(26)15(9-11-28-2)22-18(25)16-8-5-10-27-16/h3-8,10,15H,9,11-12H2,1-2H3,(H,21,24)(H,22,25). The van der Waals surface area contributed by atoms with Crippen molar-refractivity contribution in [3.8, 4) is 0 Å². The number of likely N-dealkylation sites (N-methyl/N-ethyl adjacent to an activating group) is 1. The summed E-state index contributed by atoms with van der Waals surface area (Å²) in [7, 11) is 1.53. The SMILES string of the molecule is CSCCC(NC(=O)c1ccco1)C(=O)N(C)CC(=O)Nc1ccccc1Br. The Morgan fingerprint density at radius 2 is 1.96 bits per heavy atom. The first-order chi connectivity index (χ1) is 13.4. The third kappa shape index (κ3) is 6.42. The molecule has 1 heterocycles.